The molecular weight excluding hydrogens is 337 g/mol. The lowest BCUT2D eigenvalue weighted by molar-refractivity contribution is 0.0937. The molecule has 1 rings (SSSR count). The first-order valence-corrected chi connectivity index (χ1v) is 8.04. The van der Waals surface area contributed by atoms with Gasteiger partial charge in [0.25, 0.3) is 15.0 Å². The number of halogens is 3. The van der Waals surface area contributed by atoms with Crippen molar-refractivity contribution in [1.29, 1.82) is 0 Å². The van der Waals surface area contributed by atoms with Gasteiger partial charge in [-0.3, -0.25) is 4.79 Å². The maximum Gasteiger partial charge on any atom is 0.262 e. The Bertz CT molecular complexity index is 589. The van der Waals surface area contributed by atoms with Crippen molar-refractivity contribution in [3.05, 3.63) is 27.7 Å². The predicted octanol–water partition coefficient (Wildman–Crippen LogP) is 2.30. The Balaban J connectivity index is 3.11. The zero-order valence-corrected chi connectivity index (χ0v) is 12.8. The van der Waals surface area contributed by atoms with Gasteiger partial charge >= 0.3 is 0 Å². The second kappa shape index (κ2) is 6.76. The van der Waals surface area contributed by atoms with Crippen molar-refractivity contribution in [3.8, 4) is 0 Å². The molecule has 0 aliphatic carbocycles. The zero-order valence-electron chi connectivity index (χ0n) is 9.74. The van der Waals surface area contributed by atoms with E-state index in [1.807, 2.05) is 0 Å². The molecule has 0 atom stereocenters. The number of carbonyl (C=O) groups is 1. The number of rotatable bonds is 5. The fourth-order valence-electron chi connectivity index (χ4n) is 1.25. The molecule has 1 N–H and O–H groups in total. The first-order chi connectivity index (χ1) is 8.77. The van der Waals surface area contributed by atoms with Crippen LogP contribution in [0.2, 0.25) is 10.0 Å². The van der Waals surface area contributed by atoms with Crippen molar-refractivity contribution in [3.63, 3.8) is 0 Å². The molecule has 0 heterocycles. The van der Waals surface area contributed by atoms with E-state index in [1.165, 1.54) is 7.11 Å². The molecule has 9 heteroatoms. The Morgan fingerprint density at radius 1 is 1.32 bits per heavy atom. The number of ether oxygens (including phenoxy) is 1. The minimum atomic E-state index is -4.05. The lowest BCUT2D eigenvalue weighted by atomic mass is 10.2. The second-order valence-corrected chi connectivity index (χ2v) is 6.80. The topological polar surface area (TPSA) is 72.5 Å². The molecule has 106 valence electrons. The van der Waals surface area contributed by atoms with Gasteiger partial charge < -0.3 is 10.1 Å². The molecule has 0 spiro atoms. The van der Waals surface area contributed by atoms with Gasteiger partial charge in [0.1, 0.15) is 4.90 Å². The number of hydrogen-bond donors (Lipinski definition) is 1. The van der Waals surface area contributed by atoms with Crippen LogP contribution in [0.4, 0.5) is 0 Å². The summed E-state index contributed by atoms with van der Waals surface area (Å²) in [5.41, 5.74) is -0.0265. The molecule has 0 unspecified atom stereocenters. The van der Waals surface area contributed by atoms with E-state index in [2.05, 4.69) is 5.32 Å². The van der Waals surface area contributed by atoms with Crippen molar-refractivity contribution >= 4 is 48.8 Å². The van der Waals surface area contributed by atoms with Crippen molar-refractivity contribution in [1.82, 2.24) is 5.32 Å². The average Bonchev–Trinajstić information content (AvgIpc) is 2.27. The number of nitrogens with one attached hydrogen (secondary N) is 1. The predicted molar refractivity (Wildman–Crippen MR) is 73.7 cm³/mol. The molecule has 1 aromatic carbocycles. The normalized spacial score (nSPS) is 11.4. The second-order valence-electron chi connectivity index (χ2n) is 3.45. The molecule has 0 saturated carbocycles. The summed E-state index contributed by atoms with van der Waals surface area (Å²) in [6.07, 6.45) is 0. The number of methoxy groups -OCH3 is 1. The summed E-state index contributed by atoms with van der Waals surface area (Å²) in [6.45, 7) is 0.578. The van der Waals surface area contributed by atoms with Crippen LogP contribution in [-0.2, 0) is 13.8 Å². The molecule has 0 aromatic heterocycles. The summed E-state index contributed by atoms with van der Waals surface area (Å²) < 4.78 is 27.3. The summed E-state index contributed by atoms with van der Waals surface area (Å²) in [5.74, 6) is -0.541. The lowest BCUT2D eigenvalue weighted by Crippen LogP contribution is -2.27. The Labute approximate surface area is 125 Å². The maximum absolute atomic E-state index is 11.8. The van der Waals surface area contributed by atoms with E-state index < -0.39 is 15.0 Å². The minimum absolute atomic E-state index is 0.0265. The molecule has 19 heavy (non-hydrogen) atoms. The number of carbonyl (C=O) groups excluding carboxylic acids is 1. The SMILES string of the molecule is COCCNC(=O)c1cc(S(=O)(=O)Cl)c(Cl)cc1Cl. The summed E-state index contributed by atoms with van der Waals surface area (Å²) in [5, 5.41) is 2.40. The summed E-state index contributed by atoms with van der Waals surface area (Å²) in [7, 11) is 2.64. The van der Waals surface area contributed by atoms with E-state index in [1.54, 1.807) is 0 Å². The van der Waals surface area contributed by atoms with Crippen LogP contribution in [0.5, 0.6) is 0 Å². The van der Waals surface area contributed by atoms with Gasteiger partial charge in [-0.15, -0.1) is 0 Å². The summed E-state index contributed by atoms with van der Waals surface area (Å²) in [4.78, 5) is 11.4. The third-order valence-corrected chi connectivity index (χ3v) is 4.22. The summed E-state index contributed by atoms with van der Waals surface area (Å²) >= 11 is 11.6. The van der Waals surface area contributed by atoms with Crippen molar-refractivity contribution < 1.29 is 17.9 Å². The van der Waals surface area contributed by atoms with Crippen LogP contribution < -0.4 is 5.32 Å². The largest absolute Gasteiger partial charge is 0.383 e. The fraction of sp³-hybridized carbons (Fsp3) is 0.300. The number of hydrogen-bond acceptors (Lipinski definition) is 4. The monoisotopic (exact) mass is 345 g/mol. The third kappa shape index (κ3) is 4.50. The van der Waals surface area contributed by atoms with E-state index in [0.717, 1.165) is 12.1 Å². The van der Waals surface area contributed by atoms with Gasteiger partial charge in [0, 0.05) is 24.3 Å². The molecule has 1 aromatic rings. The Kier molecular flexibility index (Phi) is 5.88. The van der Waals surface area contributed by atoms with Crippen LogP contribution in [0.1, 0.15) is 10.4 Å². The first kappa shape index (κ1) is 16.5. The van der Waals surface area contributed by atoms with Gasteiger partial charge in [-0.05, 0) is 12.1 Å². The van der Waals surface area contributed by atoms with Gasteiger partial charge in [-0.2, -0.15) is 0 Å². The number of amides is 1. The minimum Gasteiger partial charge on any atom is -0.383 e. The van der Waals surface area contributed by atoms with Crippen LogP contribution in [-0.4, -0.2) is 34.6 Å². The maximum atomic E-state index is 11.8. The number of benzene rings is 1. The lowest BCUT2D eigenvalue weighted by Gasteiger charge is -2.08. The van der Waals surface area contributed by atoms with E-state index in [0.29, 0.717) is 6.61 Å². The van der Waals surface area contributed by atoms with Gasteiger partial charge in [0.2, 0.25) is 0 Å². The highest BCUT2D eigenvalue weighted by Gasteiger charge is 2.20. The smallest absolute Gasteiger partial charge is 0.262 e. The van der Waals surface area contributed by atoms with E-state index >= 15 is 0 Å². The molecule has 0 radical (unpaired) electrons. The van der Waals surface area contributed by atoms with Crippen molar-refractivity contribution in [2.75, 3.05) is 20.3 Å². The molecule has 0 aliphatic rings. The molecule has 0 saturated heterocycles. The van der Waals surface area contributed by atoms with Crippen LogP contribution in [0.3, 0.4) is 0 Å². The highest BCUT2D eigenvalue weighted by molar-refractivity contribution is 8.13. The standard InChI is InChI=1S/C10H10Cl3NO4S/c1-18-3-2-14-10(15)6-4-9(19(13,16)17)8(12)5-7(6)11/h4-5H,2-3H2,1H3,(H,14,15). The van der Waals surface area contributed by atoms with Crippen LogP contribution >= 0.6 is 33.9 Å². The Morgan fingerprint density at radius 3 is 2.47 bits per heavy atom. The van der Waals surface area contributed by atoms with Crippen LogP contribution in [0.15, 0.2) is 17.0 Å². The van der Waals surface area contributed by atoms with Gasteiger partial charge in [-0.25, -0.2) is 8.42 Å². The summed E-state index contributed by atoms with van der Waals surface area (Å²) in [6, 6.07) is 2.19. The Hall–Kier alpha value is -0.530. The fourth-order valence-corrected chi connectivity index (χ4v) is 3.08. The van der Waals surface area contributed by atoms with E-state index in [-0.39, 0.29) is 27.0 Å². The molecule has 5 nitrogen and oxygen atoms in total. The molecule has 1 amide bonds. The van der Waals surface area contributed by atoms with Gasteiger partial charge in [0.15, 0.2) is 0 Å². The van der Waals surface area contributed by atoms with E-state index in [4.69, 9.17) is 38.6 Å². The quantitative estimate of drug-likeness (QED) is 0.656. The molecular formula is C10H10Cl3NO4S. The van der Waals surface area contributed by atoms with Crippen LogP contribution in [0, 0.1) is 0 Å². The van der Waals surface area contributed by atoms with Gasteiger partial charge in [-0.1, -0.05) is 23.2 Å². The van der Waals surface area contributed by atoms with E-state index in [9.17, 15) is 13.2 Å². The molecule has 0 bridgehead atoms. The van der Waals surface area contributed by atoms with Crippen molar-refractivity contribution in [2.45, 2.75) is 4.90 Å². The zero-order chi connectivity index (χ0) is 14.6. The average molecular weight is 347 g/mol. The third-order valence-electron chi connectivity index (χ3n) is 2.12. The molecule has 0 aliphatic heterocycles. The van der Waals surface area contributed by atoms with Crippen LogP contribution in [0.25, 0.3) is 0 Å². The Morgan fingerprint density at radius 2 is 1.95 bits per heavy atom. The molecule has 0 fully saturated rings. The van der Waals surface area contributed by atoms with Gasteiger partial charge in [0.05, 0.1) is 22.2 Å². The van der Waals surface area contributed by atoms with Crippen molar-refractivity contribution in [2.24, 2.45) is 0 Å². The first-order valence-electron chi connectivity index (χ1n) is 4.98. The highest BCUT2D eigenvalue weighted by Crippen LogP contribution is 2.30. The highest BCUT2D eigenvalue weighted by atomic mass is 35.7.